The second-order valence-corrected chi connectivity index (χ2v) is 7.40. The van der Waals surface area contributed by atoms with Gasteiger partial charge in [-0.3, -0.25) is 19.3 Å². The van der Waals surface area contributed by atoms with E-state index in [9.17, 15) is 29.4 Å². The number of carboxylic acid groups (broad SMARTS) is 1. The summed E-state index contributed by atoms with van der Waals surface area (Å²) in [6, 6.07) is 5.53. The van der Waals surface area contributed by atoms with Crippen LogP contribution in [0.25, 0.3) is 0 Å². The van der Waals surface area contributed by atoms with Crippen molar-refractivity contribution in [1.29, 1.82) is 0 Å². The minimum atomic E-state index is -1.29. The predicted molar refractivity (Wildman–Crippen MR) is 98.1 cm³/mol. The number of phenols is 1. The summed E-state index contributed by atoms with van der Waals surface area (Å²) in [5.74, 6) is -2.59. The minimum absolute atomic E-state index is 0.0162. The normalized spacial score (nSPS) is 20.9. The summed E-state index contributed by atoms with van der Waals surface area (Å²) >= 11 is 1.29. The van der Waals surface area contributed by atoms with Crippen molar-refractivity contribution in [1.82, 2.24) is 10.2 Å². The van der Waals surface area contributed by atoms with Gasteiger partial charge in [-0.05, 0) is 6.07 Å². The van der Waals surface area contributed by atoms with Crippen LogP contribution < -0.4 is 5.32 Å². The van der Waals surface area contributed by atoms with E-state index in [1.165, 1.54) is 24.8 Å². The molecule has 10 heteroatoms. The van der Waals surface area contributed by atoms with Crippen LogP contribution >= 0.6 is 11.8 Å². The van der Waals surface area contributed by atoms with Crippen LogP contribution in [0.2, 0.25) is 0 Å². The molecule has 2 atom stereocenters. The Bertz CT molecular complexity index is 882. The number of phenolic OH excluding ortho intramolecular Hbond substituents is 1. The summed E-state index contributed by atoms with van der Waals surface area (Å²) in [7, 11) is 0. The second-order valence-electron chi connectivity index (χ2n) is 6.30. The number of para-hydroxylation sites is 1. The third kappa shape index (κ3) is 3.81. The molecule has 0 radical (unpaired) electrons. The van der Waals surface area contributed by atoms with Crippen molar-refractivity contribution in [2.45, 2.75) is 24.8 Å². The highest BCUT2D eigenvalue weighted by molar-refractivity contribution is 8.00. The number of carbonyl (C=O) groups is 4. The van der Waals surface area contributed by atoms with E-state index in [1.54, 1.807) is 18.2 Å². The molecule has 0 aliphatic carbocycles. The monoisotopic (exact) mass is 406 g/mol. The maximum Gasteiger partial charge on any atom is 0.352 e. The highest BCUT2D eigenvalue weighted by Crippen LogP contribution is 2.40. The molecule has 1 saturated heterocycles. The Labute approximate surface area is 164 Å². The van der Waals surface area contributed by atoms with Crippen molar-refractivity contribution in [2.24, 2.45) is 0 Å². The Kier molecular flexibility index (Phi) is 5.59. The molecule has 3 rings (SSSR count). The number of thioether (sulfide) groups is 1. The number of hydrogen-bond acceptors (Lipinski definition) is 7. The highest BCUT2D eigenvalue weighted by atomic mass is 32.2. The van der Waals surface area contributed by atoms with Crippen LogP contribution in [0, 0.1) is 0 Å². The molecular formula is C18H18N2O7S. The van der Waals surface area contributed by atoms with E-state index in [-0.39, 0.29) is 30.2 Å². The van der Waals surface area contributed by atoms with Gasteiger partial charge in [0.2, 0.25) is 5.91 Å². The smallest absolute Gasteiger partial charge is 0.352 e. The largest absolute Gasteiger partial charge is 0.508 e. The highest BCUT2D eigenvalue weighted by Gasteiger charge is 2.54. The zero-order chi connectivity index (χ0) is 20.4. The number of aliphatic carboxylic acids is 1. The fourth-order valence-electron chi connectivity index (χ4n) is 3.04. The molecule has 2 aliphatic heterocycles. The van der Waals surface area contributed by atoms with Crippen LogP contribution in [0.3, 0.4) is 0 Å². The number of ether oxygens (including phenoxy) is 1. The minimum Gasteiger partial charge on any atom is -0.508 e. The number of carboxylic acids is 1. The van der Waals surface area contributed by atoms with Crippen LogP contribution in [-0.2, 0) is 30.3 Å². The number of rotatable bonds is 6. The molecular weight excluding hydrogens is 388 g/mol. The zero-order valence-electron chi connectivity index (χ0n) is 14.9. The molecule has 0 bridgehead atoms. The van der Waals surface area contributed by atoms with Gasteiger partial charge < -0.3 is 20.3 Å². The summed E-state index contributed by atoms with van der Waals surface area (Å²) in [6.45, 7) is 1.01. The van der Waals surface area contributed by atoms with Gasteiger partial charge >= 0.3 is 11.9 Å². The molecule has 2 heterocycles. The predicted octanol–water partition coefficient (Wildman–Crippen LogP) is 0.236. The lowest BCUT2D eigenvalue weighted by Crippen LogP contribution is -2.70. The summed E-state index contributed by atoms with van der Waals surface area (Å²) in [5, 5.41) is 21.3. The summed E-state index contributed by atoms with van der Waals surface area (Å²) in [4.78, 5) is 48.5. The maximum atomic E-state index is 12.5. The van der Waals surface area contributed by atoms with E-state index in [2.05, 4.69) is 5.32 Å². The molecule has 2 amide bonds. The fourth-order valence-corrected chi connectivity index (χ4v) is 4.37. The lowest BCUT2D eigenvalue weighted by molar-refractivity contribution is -0.151. The van der Waals surface area contributed by atoms with Gasteiger partial charge in [0, 0.05) is 23.8 Å². The Balaban J connectivity index is 1.69. The number of fused-ring (bicyclic) bond motifs is 1. The van der Waals surface area contributed by atoms with Crippen molar-refractivity contribution >= 4 is 35.5 Å². The topological polar surface area (TPSA) is 133 Å². The van der Waals surface area contributed by atoms with E-state index in [4.69, 9.17) is 4.74 Å². The van der Waals surface area contributed by atoms with Crippen LogP contribution in [0.5, 0.6) is 5.75 Å². The van der Waals surface area contributed by atoms with Crippen molar-refractivity contribution < 1.29 is 34.1 Å². The molecule has 28 heavy (non-hydrogen) atoms. The number of β-lactam (4-membered cyclic amide) rings is 1. The molecule has 0 saturated carbocycles. The van der Waals surface area contributed by atoms with E-state index < -0.39 is 35.2 Å². The molecule has 0 aromatic heterocycles. The van der Waals surface area contributed by atoms with Gasteiger partial charge in [-0.15, -0.1) is 11.8 Å². The summed E-state index contributed by atoms with van der Waals surface area (Å²) < 4.78 is 4.87. The Morgan fingerprint density at radius 2 is 2.04 bits per heavy atom. The quantitative estimate of drug-likeness (QED) is 0.452. The van der Waals surface area contributed by atoms with Crippen LogP contribution in [0.1, 0.15) is 12.5 Å². The molecule has 2 aliphatic rings. The SMILES string of the molecule is CC(=O)OCC1=C(C(=O)O)N2C(=O)C(NC(=O)Cc3ccccc3O)[C@H]2SC1. The second kappa shape index (κ2) is 7.93. The molecule has 1 aromatic rings. The van der Waals surface area contributed by atoms with E-state index in [0.717, 1.165) is 4.90 Å². The maximum absolute atomic E-state index is 12.5. The average molecular weight is 406 g/mol. The van der Waals surface area contributed by atoms with Gasteiger partial charge in [0.05, 0.1) is 6.42 Å². The lowest BCUT2D eigenvalue weighted by atomic mass is 10.0. The first-order valence-corrected chi connectivity index (χ1v) is 9.44. The van der Waals surface area contributed by atoms with Crippen LogP contribution in [0.15, 0.2) is 35.5 Å². The molecule has 0 spiro atoms. The first-order valence-electron chi connectivity index (χ1n) is 8.39. The van der Waals surface area contributed by atoms with E-state index in [0.29, 0.717) is 11.1 Å². The third-order valence-corrected chi connectivity index (χ3v) is 5.70. The zero-order valence-corrected chi connectivity index (χ0v) is 15.7. The number of nitrogens with one attached hydrogen (secondary N) is 1. The Morgan fingerprint density at radius 3 is 2.68 bits per heavy atom. The fraction of sp³-hybridized carbons (Fsp3) is 0.333. The van der Waals surface area contributed by atoms with Crippen molar-refractivity contribution in [3.8, 4) is 5.75 Å². The molecule has 1 aromatic carbocycles. The third-order valence-electron chi connectivity index (χ3n) is 4.36. The van der Waals surface area contributed by atoms with Gasteiger partial charge in [0.1, 0.15) is 29.5 Å². The number of aromatic hydroxyl groups is 1. The van der Waals surface area contributed by atoms with Crippen molar-refractivity contribution in [2.75, 3.05) is 12.4 Å². The van der Waals surface area contributed by atoms with E-state index >= 15 is 0 Å². The van der Waals surface area contributed by atoms with Gasteiger partial charge in [-0.25, -0.2) is 4.79 Å². The Morgan fingerprint density at radius 1 is 1.32 bits per heavy atom. The van der Waals surface area contributed by atoms with E-state index in [1.807, 2.05) is 0 Å². The summed E-state index contributed by atoms with van der Waals surface area (Å²) in [5.41, 5.74) is 0.548. The summed E-state index contributed by atoms with van der Waals surface area (Å²) in [6.07, 6.45) is -0.104. The van der Waals surface area contributed by atoms with Gasteiger partial charge in [0.15, 0.2) is 0 Å². The van der Waals surface area contributed by atoms with Gasteiger partial charge in [-0.1, -0.05) is 18.2 Å². The Hall–Kier alpha value is -3.01. The number of hydrogen-bond donors (Lipinski definition) is 3. The molecule has 9 nitrogen and oxygen atoms in total. The van der Waals surface area contributed by atoms with Crippen LogP contribution in [0.4, 0.5) is 0 Å². The number of benzene rings is 1. The first kappa shape index (κ1) is 19.7. The molecule has 3 N–H and O–H groups in total. The number of esters is 1. The molecule has 1 fully saturated rings. The number of amides is 2. The van der Waals surface area contributed by atoms with Crippen molar-refractivity contribution in [3.05, 3.63) is 41.1 Å². The number of carbonyl (C=O) groups excluding carboxylic acids is 3. The number of nitrogens with zero attached hydrogens (tertiary/aromatic N) is 1. The molecule has 148 valence electrons. The van der Waals surface area contributed by atoms with Crippen molar-refractivity contribution in [3.63, 3.8) is 0 Å². The van der Waals surface area contributed by atoms with Gasteiger partial charge in [-0.2, -0.15) is 0 Å². The molecule has 1 unspecified atom stereocenters. The lowest BCUT2D eigenvalue weighted by Gasteiger charge is -2.49. The van der Waals surface area contributed by atoms with Gasteiger partial charge in [0.25, 0.3) is 5.91 Å². The first-order chi connectivity index (χ1) is 13.3. The average Bonchev–Trinajstić information content (AvgIpc) is 2.65. The van der Waals surface area contributed by atoms with Crippen LogP contribution in [-0.4, -0.2) is 62.6 Å². The standard InChI is InChI=1S/C18H18N2O7S/c1-9(21)27-7-11-8-28-17-14(16(24)20(17)15(11)18(25)26)19-13(23)6-10-4-2-3-5-12(10)22/h2-5,14,17,22H,6-8H2,1H3,(H,19,23)(H,25,26)/t14?,17-/m1/s1.